The first kappa shape index (κ1) is 20.7. The minimum Gasteiger partial charge on any atom is -0.309 e. The Morgan fingerprint density at radius 2 is 1.11 bits per heavy atom. The van der Waals surface area contributed by atoms with Crippen molar-refractivity contribution in [3.8, 4) is 11.4 Å². The molecule has 0 spiro atoms. The molecule has 4 heteroatoms. The summed E-state index contributed by atoms with van der Waals surface area (Å²) >= 11 is 3.85. The van der Waals surface area contributed by atoms with Gasteiger partial charge >= 0.3 is 0 Å². The molecule has 0 N–H and O–H groups in total. The molecule has 0 amide bonds. The van der Waals surface area contributed by atoms with Gasteiger partial charge in [0, 0.05) is 43.0 Å². The van der Waals surface area contributed by atoms with Gasteiger partial charge in [-0.3, -0.25) is 0 Å². The first-order valence-electron chi connectivity index (χ1n) is 12.8. The first-order valence-corrected chi connectivity index (χ1v) is 14.4. The van der Waals surface area contributed by atoms with Crippen molar-refractivity contribution >= 4 is 85.1 Å². The molecule has 0 aliphatic carbocycles. The minimum atomic E-state index is 1.18. The second kappa shape index (κ2) is 7.57. The van der Waals surface area contributed by atoms with Gasteiger partial charge in [0.25, 0.3) is 0 Å². The predicted molar refractivity (Wildman–Crippen MR) is 166 cm³/mol. The Hall–Kier alpha value is -4.38. The molecule has 0 bridgehead atoms. The van der Waals surface area contributed by atoms with Crippen LogP contribution in [0.2, 0.25) is 0 Å². The van der Waals surface area contributed by atoms with E-state index in [0.717, 1.165) is 0 Å². The maximum absolute atomic E-state index is 2.50. The van der Waals surface area contributed by atoms with Gasteiger partial charge in [-0.25, -0.2) is 0 Å². The van der Waals surface area contributed by atoms with Crippen LogP contribution in [-0.4, -0.2) is 9.13 Å². The summed E-state index contributed by atoms with van der Waals surface area (Å²) < 4.78 is 9.01. The largest absolute Gasteiger partial charge is 0.309 e. The van der Waals surface area contributed by atoms with E-state index in [1.165, 1.54) is 73.8 Å². The van der Waals surface area contributed by atoms with Crippen molar-refractivity contribution in [2.75, 3.05) is 0 Å². The van der Waals surface area contributed by atoms with E-state index in [1.54, 1.807) is 0 Å². The van der Waals surface area contributed by atoms with Crippen LogP contribution >= 0.6 is 22.7 Å². The van der Waals surface area contributed by atoms with Crippen molar-refractivity contribution in [3.05, 3.63) is 121 Å². The molecule has 0 atom stereocenters. The number of nitrogens with zero attached hydrogens (tertiary/aromatic N) is 2. The second-order valence-corrected chi connectivity index (χ2v) is 12.1. The zero-order valence-electron chi connectivity index (χ0n) is 20.3. The van der Waals surface area contributed by atoms with Crippen molar-refractivity contribution in [1.82, 2.24) is 9.13 Å². The summed E-state index contributed by atoms with van der Waals surface area (Å²) in [4.78, 5) is 0. The molecule has 4 heterocycles. The lowest BCUT2D eigenvalue weighted by Gasteiger charge is -2.10. The Morgan fingerprint density at radius 1 is 0.447 bits per heavy atom. The number of benzene rings is 5. The molecule has 2 nitrogen and oxygen atoms in total. The normalized spacial score (nSPS) is 12.2. The van der Waals surface area contributed by atoms with Crippen molar-refractivity contribution in [2.24, 2.45) is 0 Å². The summed E-state index contributed by atoms with van der Waals surface area (Å²) in [5.41, 5.74) is 7.44. The van der Waals surface area contributed by atoms with E-state index in [1.807, 2.05) is 22.7 Å². The molecular formula is C34H20N2S2. The number of thiophene rings is 2. The van der Waals surface area contributed by atoms with Crippen LogP contribution in [0, 0.1) is 0 Å². The smallest absolute Gasteiger partial charge is 0.0906 e. The maximum atomic E-state index is 2.50. The summed E-state index contributed by atoms with van der Waals surface area (Å²) in [7, 11) is 0. The third-order valence-corrected chi connectivity index (χ3v) is 10.2. The highest BCUT2D eigenvalue weighted by atomic mass is 32.2. The molecule has 178 valence electrons. The molecule has 0 saturated carbocycles. The molecule has 0 saturated heterocycles. The molecule has 0 fully saturated rings. The molecular weight excluding hydrogens is 501 g/mol. The van der Waals surface area contributed by atoms with E-state index < -0.39 is 0 Å². The monoisotopic (exact) mass is 520 g/mol. The lowest BCUT2D eigenvalue weighted by atomic mass is 10.1. The third kappa shape index (κ3) is 2.66. The van der Waals surface area contributed by atoms with Gasteiger partial charge in [-0.15, -0.1) is 22.7 Å². The van der Waals surface area contributed by atoms with E-state index >= 15 is 0 Å². The van der Waals surface area contributed by atoms with Crippen molar-refractivity contribution < 1.29 is 0 Å². The number of hydrogen-bond acceptors (Lipinski definition) is 2. The number of hydrogen-bond donors (Lipinski definition) is 0. The highest BCUT2D eigenvalue weighted by Gasteiger charge is 2.21. The number of para-hydroxylation sites is 3. The topological polar surface area (TPSA) is 9.86 Å². The fourth-order valence-corrected chi connectivity index (χ4v) is 8.86. The van der Waals surface area contributed by atoms with Gasteiger partial charge in [0.15, 0.2) is 0 Å². The van der Waals surface area contributed by atoms with Crippen LogP contribution < -0.4 is 0 Å². The third-order valence-electron chi connectivity index (χ3n) is 7.75. The average molecular weight is 521 g/mol. The number of fused-ring (bicyclic) bond motifs is 10. The SMILES string of the molecule is c1ccc(-n2c3ccccc3c3cc(-n4c5ccccc5c5sc6sc7ccccc7c6c54)ccc32)cc1. The molecule has 4 aromatic heterocycles. The van der Waals surface area contributed by atoms with Gasteiger partial charge in [-0.2, -0.15) is 0 Å². The van der Waals surface area contributed by atoms with Crippen LogP contribution in [0.15, 0.2) is 121 Å². The van der Waals surface area contributed by atoms with E-state index in [0.29, 0.717) is 0 Å². The van der Waals surface area contributed by atoms with Crippen LogP contribution in [0.4, 0.5) is 0 Å². The van der Waals surface area contributed by atoms with Crippen molar-refractivity contribution in [2.45, 2.75) is 0 Å². The molecule has 0 radical (unpaired) electrons. The minimum absolute atomic E-state index is 1.18. The van der Waals surface area contributed by atoms with E-state index in [2.05, 4.69) is 130 Å². The van der Waals surface area contributed by atoms with Crippen LogP contribution in [0.5, 0.6) is 0 Å². The zero-order valence-corrected chi connectivity index (χ0v) is 21.9. The highest BCUT2D eigenvalue weighted by molar-refractivity contribution is 7.45. The van der Waals surface area contributed by atoms with Gasteiger partial charge in [-0.05, 0) is 48.5 Å². The van der Waals surface area contributed by atoms with Gasteiger partial charge in [0.05, 0.1) is 30.8 Å². The molecule has 9 aromatic rings. The zero-order chi connectivity index (χ0) is 24.8. The van der Waals surface area contributed by atoms with E-state index in [-0.39, 0.29) is 0 Å². The Kier molecular flexibility index (Phi) is 4.12. The summed E-state index contributed by atoms with van der Waals surface area (Å²) in [5.74, 6) is 0. The Morgan fingerprint density at radius 3 is 1.95 bits per heavy atom. The average Bonchev–Trinajstić information content (AvgIpc) is 3.69. The van der Waals surface area contributed by atoms with E-state index in [4.69, 9.17) is 0 Å². The predicted octanol–water partition coefficient (Wildman–Crippen LogP) is 10.3. The van der Waals surface area contributed by atoms with Crippen LogP contribution in [0.3, 0.4) is 0 Å². The Labute approximate surface area is 226 Å². The molecule has 5 aromatic carbocycles. The Balaban J connectivity index is 1.43. The van der Waals surface area contributed by atoms with Gasteiger partial charge in [-0.1, -0.05) is 72.8 Å². The Bertz CT molecular complexity index is 2350. The standard InChI is InChI=1S/C34H20N2S2/c1-2-10-21(11-3-1)35-27-15-7-4-12-23(27)26-20-22(18-19-29(26)35)36-28-16-8-5-13-24(28)33-32(36)31-25-14-6-9-17-30(25)37-34(31)38-33/h1-20H. The lowest BCUT2D eigenvalue weighted by molar-refractivity contribution is 1.17. The quantitative estimate of drug-likeness (QED) is 0.215. The highest BCUT2D eigenvalue weighted by Crippen LogP contribution is 2.48. The molecule has 38 heavy (non-hydrogen) atoms. The molecule has 0 aliphatic rings. The van der Waals surface area contributed by atoms with Crippen LogP contribution in [-0.2, 0) is 0 Å². The lowest BCUT2D eigenvalue weighted by Crippen LogP contribution is -1.95. The fraction of sp³-hybridized carbons (Fsp3) is 0. The molecule has 0 aliphatic heterocycles. The van der Waals surface area contributed by atoms with E-state index in [9.17, 15) is 0 Å². The summed E-state index contributed by atoms with van der Waals surface area (Å²) in [6.07, 6.45) is 0. The number of rotatable bonds is 2. The summed E-state index contributed by atoms with van der Waals surface area (Å²) in [6.45, 7) is 0. The fourth-order valence-electron chi connectivity index (χ4n) is 6.17. The van der Waals surface area contributed by atoms with Gasteiger partial charge in [0.1, 0.15) is 0 Å². The van der Waals surface area contributed by atoms with Crippen LogP contribution in [0.1, 0.15) is 0 Å². The molecule has 9 rings (SSSR count). The first-order chi connectivity index (χ1) is 18.9. The van der Waals surface area contributed by atoms with Gasteiger partial charge in [0.2, 0.25) is 0 Å². The maximum Gasteiger partial charge on any atom is 0.0906 e. The van der Waals surface area contributed by atoms with Crippen molar-refractivity contribution in [1.29, 1.82) is 0 Å². The van der Waals surface area contributed by atoms with Crippen molar-refractivity contribution in [3.63, 3.8) is 0 Å². The summed E-state index contributed by atoms with van der Waals surface area (Å²) in [5, 5.41) is 6.61. The second-order valence-electron chi connectivity index (χ2n) is 9.78. The molecule has 0 unspecified atom stereocenters. The van der Waals surface area contributed by atoms with Crippen LogP contribution in [0.25, 0.3) is 73.8 Å². The number of aromatic nitrogens is 2. The van der Waals surface area contributed by atoms with Gasteiger partial charge < -0.3 is 9.13 Å². The summed E-state index contributed by atoms with van der Waals surface area (Å²) in [6, 6.07) is 44.1.